The number of anilines is 2. The molecule has 2 amide bonds. The number of nitrogens with zero attached hydrogens (tertiary/aromatic N) is 1. The van der Waals surface area contributed by atoms with Crippen molar-refractivity contribution in [2.24, 2.45) is 0 Å². The first kappa shape index (κ1) is 19.6. The maximum atomic E-state index is 13.5. The van der Waals surface area contributed by atoms with Crippen molar-refractivity contribution in [3.05, 3.63) is 100 Å². The molecule has 4 rings (SSSR count). The van der Waals surface area contributed by atoms with Gasteiger partial charge in [-0.2, -0.15) is 0 Å². The fourth-order valence-corrected chi connectivity index (χ4v) is 3.57. The molecule has 0 fully saturated rings. The largest absolute Gasteiger partial charge is 0.350 e. The number of hydrogen-bond acceptors (Lipinski definition) is 3. The molecule has 0 aromatic heterocycles. The first-order chi connectivity index (χ1) is 14.4. The normalized spacial score (nSPS) is 13.9. The number of benzene rings is 3. The SMILES string of the molecule is Cc1ccc(C)c(NC2=C(c3ccc(F)cc3)C(=O)N(c3ccccc3C)C2=O)c1. The summed E-state index contributed by atoms with van der Waals surface area (Å²) in [4.78, 5) is 28.0. The predicted molar refractivity (Wildman–Crippen MR) is 117 cm³/mol. The zero-order chi connectivity index (χ0) is 21.4. The third-order valence-electron chi connectivity index (χ3n) is 5.23. The number of amides is 2. The molecule has 0 saturated carbocycles. The van der Waals surface area contributed by atoms with E-state index in [2.05, 4.69) is 5.32 Å². The average molecular weight is 400 g/mol. The Morgan fingerprint density at radius 1 is 0.800 bits per heavy atom. The van der Waals surface area contributed by atoms with Gasteiger partial charge >= 0.3 is 0 Å². The van der Waals surface area contributed by atoms with Gasteiger partial charge in [-0.1, -0.05) is 42.5 Å². The Bertz CT molecular complexity index is 1200. The second-order valence-electron chi connectivity index (χ2n) is 7.43. The maximum absolute atomic E-state index is 13.5. The van der Waals surface area contributed by atoms with Gasteiger partial charge in [0.1, 0.15) is 11.5 Å². The lowest BCUT2D eigenvalue weighted by Crippen LogP contribution is -2.33. The number of aryl methyl sites for hydroxylation is 3. The summed E-state index contributed by atoms with van der Waals surface area (Å²) in [5.74, 6) is -1.28. The van der Waals surface area contributed by atoms with E-state index in [1.807, 2.05) is 51.1 Å². The summed E-state index contributed by atoms with van der Waals surface area (Å²) >= 11 is 0. The Balaban J connectivity index is 1.87. The van der Waals surface area contributed by atoms with Gasteiger partial charge in [-0.05, 0) is 67.3 Å². The fourth-order valence-electron chi connectivity index (χ4n) is 3.57. The van der Waals surface area contributed by atoms with Crippen LogP contribution < -0.4 is 10.2 Å². The van der Waals surface area contributed by atoms with Crippen molar-refractivity contribution in [1.29, 1.82) is 0 Å². The minimum atomic E-state index is -0.436. The van der Waals surface area contributed by atoms with E-state index in [4.69, 9.17) is 0 Å². The van der Waals surface area contributed by atoms with E-state index in [-0.39, 0.29) is 11.3 Å². The molecule has 3 aromatic carbocycles. The van der Waals surface area contributed by atoms with Gasteiger partial charge in [-0.15, -0.1) is 0 Å². The standard InChI is InChI=1S/C25H21FN2O2/c1-15-8-9-16(2)20(14-15)27-23-22(18-10-12-19(26)13-11-18)24(29)28(25(23)30)21-7-5-4-6-17(21)3/h4-14,27H,1-3H3. The number of carbonyl (C=O) groups excluding carboxylic acids is 2. The van der Waals surface area contributed by atoms with E-state index in [0.717, 1.165) is 22.4 Å². The van der Waals surface area contributed by atoms with Crippen LogP contribution in [0.5, 0.6) is 0 Å². The van der Waals surface area contributed by atoms with E-state index in [0.29, 0.717) is 11.3 Å². The number of imide groups is 1. The van der Waals surface area contributed by atoms with E-state index in [1.165, 1.54) is 29.2 Å². The second-order valence-corrected chi connectivity index (χ2v) is 7.43. The molecular weight excluding hydrogens is 379 g/mol. The highest BCUT2D eigenvalue weighted by Crippen LogP contribution is 2.35. The fraction of sp³-hybridized carbons (Fsp3) is 0.120. The lowest BCUT2D eigenvalue weighted by Gasteiger charge is -2.18. The number of para-hydroxylation sites is 1. The molecule has 4 nitrogen and oxygen atoms in total. The number of carbonyl (C=O) groups is 2. The van der Waals surface area contributed by atoms with E-state index in [1.54, 1.807) is 12.1 Å². The van der Waals surface area contributed by atoms with E-state index in [9.17, 15) is 14.0 Å². The molecule has 0 unspecified atom stereocenters. The molecular formula is C25H21FN2O2. The van der Waals surface area contributed by atoms with Crippen molar-refractivity contribution < 1.29 is 14.0 Å². The lowest BCUT2D eigenvalue weighted by molar-refractivity contribution is -0.120. The highest BCUT2D eigenvalue weighted by Gasteiger charge is 2.40. The Labute approximate surface area is 174 Å². The van der Waals surface area contributed by atoms with Gasteiger partial charge in [0.2, 0.25) is 0 Å². The van der Waals surface area contributed by atoms with Gasteiger partial charge in [0, 0.05) is 5.69 Å². The number of halogens is 1. The number of nitrogens with one attached hydrogen (secondary N) is 1. The van der Waals surface area contributed by atoms with E-state index >= 15 is 0 Å². The molecule has 0 saturated heterocycles. The topological polar surface area (TPSA) is 49.4 Å². The van der Waals surface area contributed by atoms with Gasteiger partial charge < -0.3 is 5.32 Å². The van der Waals surface area contributed by atoms with Crippen molar-refractivity contribution in [2.75, 3.05) is 10.2 Å². The van der Waals surface area contributed by atoms with Crippen LogP contribution in [0.1, 0.15) is 22.3 Å². The van der Waals surface area contributed by atoms with Crippen LogP contribution in [-0.2, 0) is 9.59 Å². The number of rotatable bonds is 4. The van der Waals surface area contributed by atoms with Crippen LogP contribution in [0.3, 0.4) is 0 Å². The maximum Gasteiger partial charge on any atom is 0.282 e. The van der Waals surface area contributed by atoms with E-state index < -0.39 is 17.6 Å². The summed E-state index contributed by atoms with van der Waals surface area (Å²) in [6.07, 6.45) is 0. The predicted octanol–water partition coefficient (Wildman–Crippen LogP) is 5.15. The van der Waals surface area contributed by atoms with Crippen molar-refractivity contribution in [3.8, 4) is 0 Å². The lowest BCUT2D eigenvalue weighted by atomic mass is 10.0. The molecule has 0 radical (unpaired) electrons. The van der Waals surface area contributed by atoms with Crippen LogP contribution in [0, 0.1) is 26.6 Å². The monoisotopic (exact) mass is 400 g/mol. The molecule has 30 heavy (non-hydrogen) atoms. The summed E-state index contributed by atoms with van der Waals surface area (Å²) in [7, 11) is 0. The van der Waals surface area contributed by atoms with Gasteiger partial charge in [-0.3, -0.25) is 9.59 Å². The van der Waals surface area contributed by atoms with Crippen LogP contribution in [-0.4, -0.2) is 11.8 Å². The van der Waals surface area contributed by atoms with Gasteiger partial charge in [0.05, 0.1) is 11.3 Å². The van der Waals surface area contributed by atoms with Gasteiger partial charge in [0.15, 0.2) is 0 Å². The quantitative estimate of drug-likeness (QED) is 0.617. The highest BCUT2D eigenvalue weighted by atomic mass is 19.1. The zero-order valence-corrected chi connectivity index (χ0v) is 17.0. The third kappa shape index (κ3) is 3.39. The molecule has 1 aliphatic heterocycles. The molecule has 0 aliphatic carbocycles. The molecule has 0 spiro atoms. The molecule has 150 valence electrons. The Morgan fingerprint density at radius 2 is 1.50 bits per heavy atom. The molecule has 0 atom stereocenters. The summed E-state index contributed by atoms with van der Waals surface area (Å²) in [5.41, 5.74) is 4.96. The summed E-state index contributed by atoms with van der Waals surface area (Å²) < 4.78 is 13.5. The Morgan fingerprint density at radius 3 is 2.20 bits per heavy atom. The Kier molecular flexibility index (Phi) is 4.96. The Hall–Kier alpha value is -3.73. The molecule has 5 heteroatoms. The minimum Gasteiger partial charge on any atom is -0.350 e. The highest BCUT2D eigenvalue weighted by molar-refractivity contribution is 6.46. The molecule has 3 aromatic rings. The third-order valence-corrected chi connectivity index (χ3v) is 5.23. The minimum absolute atomic E-state index is 0.184. The first-order valence-electron chi connectivity index (χ1n) is 9.65. The average Bonchev–Trinajstić information content (AvgIpc) is 2.96. The van der Waals surface area contributed by atoms with Crippen LogP contribution in [0.25, 0.3) is 5.57 Å². The van der Waals surface area contributed by atoms with Crippen LogP contribution >= 0.6 is 0 Å². The van der Waals surface area contributed by atoms with Gasteiger partial charge in [-0.25, -0.2) is 9.29 Å². The molecule has 1 aliphatic rings. The van der Waals surface area contributed by atoms with Crippen molar-refractivity contribution in [1.82, 2.24) is 0 Å². The van der Waals surface area contributed by atoms with Crippen molar-refractivity contribution in [2.45, 2.75) is 20.8 Å². The molecule has 0 bridgehead atoms. The summed E-state index contributed by atoms with van der Waals surface area (Å²) in [5, 5.41) is 3.19. The smallest absolute Gasteiger partial charge is 0.282 e. The first-order valence-corrected chi connectivity index (χ1v) is 9.65. The zero-order valence-electron chi connectivity index (χ0n) is 17.0. The summed E-state index contributed by atoms with van der Waals surface area (Å²) in [6.45, 7) is 5.74. The van der Waals surface area contributed by atoms with Crippen molar-refractivity contribution in [3.63, 3.8) is 0 Å². The van der Waals surface area contributed by atoms with Crippen molar-refractivity contribution >= 4 is 28.8 Å². The second kappa shape index (κ2) is 7.59. The molecule has 1 heterocycles. The molecule has 1 N–H and O–H groups in total. The number of hydrogen-bond donors (Lipinski definition) is 1. The van der Waals surface area contributed by atoms with Crippen LogP contribution in [0.4, 0.5) is 15.8 Å². The van der Waals surface area contributed by atoms with Crippen LogP contribution in [0.2, 0.25) is 0 Å². The van der Waals surface area contributed by atoms with Crippen LogP contribution in [0.15, 0.2) is 72.4 Å². The van der Waals surface area contributed by atoms with Gasteiger partial charge in [0.25, 0.3) is 11.8 Å². The summed E-state index contributed by atoms with van der Waals surface area (Å²) in [6, 6.07) is 18.7.